The van der Waals surface area contributed by atoms with Gasteiger partial charge in [0, 0.05) is 38.8 Å². The van der Waals surface area contributed by atoms with E-state index in [4.69, 9.17) is 9.47 Å². The van der Waals surface area contributed by atoms with E-state index in [-0.39, 0.29) is 5.54 Å². The quantitative estimate of drug-likeness (QED) is 0.448. The lowest BCUT2D eigenvalue weighted by Gasteiger charge is -2.48. The van der Waals surface area contributed by atoms with Gasteiger partial charge in [-0.1, -0.05) is 19.3 Å². The second kappa shape index (κ2) is 10.7. The summed E-state index contributed by atoms with van der Waals surface area (Å²) in [7, 11) is 1.78. The van der Waals surface area contributed by atoms with Gasteiger partial charge < -0.3 is 25.4 Å². The summed E-state index contributed by atoms with van der Waals surface area (Å²) in [4.78, 5) is 19.1. The number of alkyl carbamates (subject to hydrolysis) is 1. The molecule has 1 saturated heterocycles. The molecule has 2 fully saturated rings. The molecular formula is C22H43N5O3. The molecule has 0 aromatic rings. The van der Waals surface area contributed by atoms with E-state index in [0.717, 1.165) is 38.8 Å². The van der Waals surface area contributed by atoms with Gasteiger partial charge in [-0.3, -0.25) is 9.89 Å². The number of aliphatic imine (C=N–C) groups is 1. The van der Waals surface area contributed by atoms with E-state index in [1.807, 2.05) is 34.6 Å². The maximum absolute atomic E-state index is 12.1. The number of hydrogen-bond donors (Lipinski definition) is 3. The third-order valence-electron chi connectivity index (χ3n) is 5.81. The lowest BCUT2D eigenvalue weighted by Crippen LogP contribution is -2.61. The topological polar surface area (TPSA) is 87.2 Å². The molecule has 8 heteroatoms. The maximum atomic E-state index is 12.1. The van der Waals surface area contributed by atoms with E-state index in [9.17, 15) is 4.79 Å². The summed E-state index contributed by atoms with van der Waals surface area (Å²) in [5.74, 6) is 0.757. The Kier molecular flexibility index (Phi) is 8.79. The van der Waals surface area contributed by atoms with Gasteiger partial charge in [0.25, 0.3) is 0 Å². The summed E-state index contributed by atoms with van der Waals surface area (Å²) in [6.07, 6.45) is 5.89. The Morgan fingerprint density at radius 1 is 1.07 bits per heavy atom. The molecule has 174 valence electrons. The van der Waals surface area contributed by atoms with Crippen LogP contribution in [0.15, 0.2) is 4.99 Å². The van der Waals surface area contributed by atoms with Crippen molar-refractivity contribution >= 4 is 12.1 Å². The van der Waals surface area contributed by atoms with Gasteiger partial charge >= 0.3 is 6.09 Å². The Bertz CT molecular complexity index is 574. The standard InChI is InChI=1S/C22H43N5O3/c1-20(2,3)30-19(28)26-21(4,5)16-24-18(23-6)25-17-22(10-8-7-9-11-22)27-12-14-29-15-13-27/h7-17H2,1-6H3,(H,26,28)(H2,23,24,25). The molecule has 2 aliphatic rings. The highest BCUT2D eigenvalue weighted by molar-refractivity contribution is 5.80. The Hall–Kier alpha value is -1.54. The van der Waals surface area contributed by atoms with Crippen molar-refractivity contribution < 1.29 is 14.3 Å². The zero-order chi connectivity index (χ0) is 22.3. The first kappa shape index (κ1) is 24.7. The van der Waals surface area contributed by atoms with Gasteiger partial charge in [0.2, 0.25) is 0 Å². The van der Waals surface area contributed by atoms with E-state index in [0.29, 0.717) is 6.54 Å². The number of rotatable bonds is 6. The van der Waals surface area contributed by atoms with Gasteiger partial charge in [0.1, 0.15) is 5.60 Å². The molecule has 0 aromatic carbocycles. The minimum Gasteiger partial charge on any atom is -0.444 e. The van der Waals surface area contributed by atoms with Crippen LogP contribution in [0.2, 0.25) is 0 Å². The first-order chi connectivity index (χ1) is 14.1. The Morgan fingerprint density at radius 2 is 1.70 bits per heavy atom. The predicted octanol–water partition coefficient (Wildman–Crippen LogP) is 2.49. The molecule has 1 saturated carbocycles. The first-order valence-corrected chi connectivity index (χ1v) is 11.3. The molecule has 0 atom stereocenters. The molecule has 1 heterocycles. The average molecular weight is 426 g/mol. The molecular weight excluding hydrogens is 382 g/mol. The highest BCUT2D eigenvalue weighted by atomic mass is 16.6. The molecule has 0 aromatic heterocycles. The van der Waals surface area contributed by atoms with Crippen molar-refractivity contribution in [2.45, 2.75) is 83.4 Å². The third-order valence-corrected chi connectivity index (χ3v) is 5.81. The predicted molar refractivity (Wildman–Crippen MR) is 121 cm³/mol. The number of guanidine groups is 1. The normalized spacial score (nSPS) is 21.1. The van der Waals surface area contributed by atoms with Gasteiger partial charge in [0.15, 0.2) is 5.96 Å². The van der Waals surface area contributed by atoms with Gasteiger partial charge in [-0.05, 0) is 47.5 Å². The fourth-order valence-electron chi connectivity index (χ4n) is 4.25. The van der Waals surface area contributed by atoms with Gasteiger partial charge in [-0.15, -0.1) is 0 Å². The summed E-state index contributed by atoms with van der Waals surface area (Å²) in [5.41, 5.74) is -0.824. The lowest BCUT2D eigenvalue weighted by atomic mass is 9.80. The Labute approximate surface area is 182 Å². The molecule has 0 unspecified atom stereocenters. The second-order valence-corrected chi connectivity index (χ2v) is 10.2. The molecule has 30 heavy (non-hydrogen) atoms. The number of ether oxygens (including phenoxy) is 2. The van der Waals surface area contributed by atoms with Crippen molar-refractivity contribution in [1.29, 1.82) is 0 Å². The molecule has 1 aliphatic carbocycles. The molecule has 0 radical (unpaired) electrons. The van der Waals surface area contributed by atoms with E-state index in [1.165, 1.54) is 32.1 Å². The minimum atomic E-state index is -0.515. The number of morpholine rings is 1. The van der Waals surface area contributed by atoms with Crippen LogP contribution in [0.4, 0.5) is 4.79 Å². The largest absolute Gasteiger partial charge is 0.444 e. The number of amides is 1. The van der Waals surface area contributed by atoms with Gasteiger partial charge in [0.05, 0.1) is 18.8 Å². The zero-order valence-corrected chi connectivity index (χ0v) is 19.9. The van der Waals surface area contributed by atoms with Crippen LogP contribution in [-0.2, 0) is 9.47 Å². The average Bonchev–Trinajstić information content (AvgIpc) is 2.67. The van der Waals surface area contributed by atoms with Crippen molar-refractivity contribution in [1.82, 2.24) is 20.9 Å². The SMILES string of the molecule is CN=C(NCC(C)(C)NC(=O)OC(C)(C)C)NCC1(N2CCOCC2)CCCCC1. The summed E-state index contributed by atoms with van der Waals surface area (Å²) < 4.78 is 11.0. The summed E-state index contributed by atoms with van der Waals surface area (Å²) in [5, 5.41) is 9.85. The van der Waals surface area contributed by atoms with Crippen LogP contribution < -0.4 is 16.0 Å². The maximum Gasteiger partial charge on any atom is 0.408 e. The Balaban J connectivity index is 1.88. The lowest BCUT2D eigenvalue weighted by molar-refractivity contribution is -0.0352. The van der Waals surface area contributed by atoms with Crippen LogP contribution >= 0.6 is 0 Å². The van der Waals surface area contributed by atoms with Crippen LogP contribution in [-0.4, -0.2) is 80.1 Å². The van der Waals surface area contributed by atoms with E-state index in [2.05, 4.69) is 25.8 Å². The second-order valence-electron chi connectivity index (χ2n) is 10.2. The smallest absolute Gasteiger partial charge is 0.408 e. The number of carbonyl (C=O) groups excluding carboxylic acids is 1. The van der Waals surface area contributed by atoms with Crippen molar-refractivity contribution in [3.8, 4) is 0 Å². The number of nitrogens with one attached hydrogen (secondary N) is 3. The fourth-order valence-corrected chi connectivity index (χ4v) is 4.25. The first-order valence-electron chi connectivity index (χ1n) is 11.3. The summed E-state index contributed by atoms with van der Waals surface area (Å²) >= 11 is 0. The summed E-state index contributed by atoms with van der Waals surface area (Å²) in [6.45, 7) is 14.6. The highest BCUT2D eigenvalue weighted by Gasteiger charge is 2.38. The minimum absolute atomic E-state index is 0.171. The molecule has 1 amide bonds. The fraction of sp³-hybridized carbons (Fsp3) is 0.909. The molecule has 8 nitrogen and oxygen atoms in total. The van der Waals surface area contributed by atoms with E-state index in [1.54, 1.807) is 7.05 Å². The highest BCUT2D eigenvalue weighted by Crippen LogP contribution is 2.33. The number of nitrogens with zero attached hydrogens (tertiary/aromatic N) is 2. The number of carbonyl (C=O) groups is 1. The van der Waals surface area contributed by atoms with Crippen LogP contribution in [0.3, 0.4) is 0 Å². The molecule has 3 N–H and O–H groups in total. The third kappa shape index (κ3) is 7.95. The van der Waals surface area contributed by atoms with Gasteiger partial charge in [-0.25, -0.2) is 4.79 Å². The monoisotopic (exact) mass is 425 g/mol. The molecule has 0 bridgehead atoms. The molecule has 0 spiro atoms. The molecule has 2 rings (SSSR count). The van der Waals surface area contributed by atoms with Crippen molar-refractivity contribution in [2.24, 2.45) is 4.99 Å². The van der Waals surface area contributed by atoms with Crippen molar-refractivity contribution in [3.05, 3.63) is 0 Å². The van der Waals surface area contributed by atoms with Crippen LogP contribution in [0.25, 0.3) is 0 Å². The Morgan fingerprint density at radius 3 is 2.27 bits per heavy atom. The number of hydrogen-bond acceptors (Lipinski definition) is 5. The summed E-state index contributed by atoms with van der Waals surface area (Å²) in [6, 6.07) is 0. The van der Waals surface area contributed by atoms with Crippen LogP contribution in [0.1, 0.15) is 66.7 Å². The van der Waals surface area contributed by atoms with Crippen molar-refractivity contribution in [2.75, 3.05) is 46.4 Å². The van der Waals surface area contributed by atoms with Gasteiger partial charge in [-0.2, -0.15) is 0 Å². The zero-order valence-electron chi connectivity index (χ0n) is 19.9. The molecule has 1 aliphatic heterocycles. The van der Waals surface area contributed by atoms with Crippen LogP contribution in [0, 0.1) is 0 Å². The van der Waals surface area contributed by atoms with Crippen molar-refractivity contribution in [3.63, 3.8) is 0 Å². The van der Waals surface area contributed by atoms with E-state index >= 15 is 0 Å². The van der Waals surface area contributed by atoms with E-state index < -0.39 is 17.2 Å². The van der Waals surface area contributed by atoms with Crippen LogP contribution in [0.5, 0.6) is 0 Å².